The fourth-order valence-electron chi connectivity index (χ4n) is 5.62. The van der Waals surface area contributed by atoms with Crippen molar-refractivity contribution in [2.24, 2.45) is 0 Å². The topological polar surface area (TPSA) is 35.6 Å². The number of likely N-dealkylation sites (N-methyl/N-ethyl adjacent to an activating group) is 1. The average molecular weight is 508 g/mol. The first-order valence-corrected chi connectivity index (χ1v) is 13.8. The number of amides is 1. The van der Waals surface area contributed by atoms with E-state index in [0.29, 0.717) is 12.0 Å². The highest BCUT2D eigenvalue weighted by molar-refractivity contribution is 5.77. The van der Waals surface area contributed by atoms with Crippen LogP contribution in [-0.2, 0) is 40.5 Å². The fourth-order valence-corrected chi connectivity index (χ4v) is 5.62. The van der Waals surface area contributed by atoms with Crippen LogP contribution in [0.25, 0.3) is 0 Å². The fraction of sp³-hybridized carbons (Fsp3) is 0.594. The molecule has 1 fully saturated rings. The van der Waals surface area contributed by atoms with Gasteiger partial charge in [0.1, 0.15) is 5.82 Å². The first kappa shape index (κ1) is 27.8. The first-order chi connectivity index (χ1) is 17.2. The van der Waals surface area contributed by atoms with E-state index in [1.807, 2.05) is 40.9 Å². The van der Waals surface area contributed by atoms with E-state index < -0.39 is 0 Å². The second-order valence-electron chi connectivity index (χ2n) is 13.6. The number of nitrogens with one attached hydrogen (secondary N) is 1. The van der Waals surface area contributed by atoms with E-state index in [9.17, 15) is 9.18 Å². The van der Waals surface area contributed by atoms with Crippen LogP contribution in [0.5, 0.6) is 0 Å². The zero-order valence-electron chi connectivity index (χ0n) is 24.2. The standard InChI is InChI=1S/C19H28N2O.C13H18FN/c1-18(2,3)15-6-7-16-14(10-15)11-21(12-17(22)20(4)5)13-19(16)8-9-19;1-13(2,3)11-6-10-8-15-5-4-9(10)7-12(11)14/h6-7,10H,8-9,11-13H2,1-5H3;6-7,15H,4-5,8H2,1-3H3. The molecule has 1 N–H and O–H groups in total. The van der Waals surface area contributed by atoms with Crippen LogP contribution in [0.4, 0.5) is 4.39 Å². The minimum absolute atomic E-state index is 0.0526. The van der Waals surface area contributed by atoms with Gasteiger partial charge in [-0.1, -0.05) is 65.8 Å². The number of carbonyl (C=O) groups is 1. The summed E-state index contributed by atoms with van der Waals surface area (Å²) in [7, 11) is 3.68. The van der Waals surface area contributed by atoms with Crippen molar-refractivity contribution in [2.75, 3.05) is 33.7 Å². The summed E-state index contributed by atoms with van der Waals surface area (Å²) in [5.74, 6) is 0.148. The predicted molar refractivity (Wildman–Crippen MR) is 151 cm³/mol. The number of fused-ring (bicyclic) bond motifs is 3. The molecule has 0 saturated heterocycles. The molecular weight excluding hydrogens is 461 g/mol. The summed E-state index contributed by atoms with van der Waals surface area (Å²) >= 11 is 0. The Balaban J connectivity index is 0.000000186. The lowest BCUT2D eigenvalue weighted by Gasteiger charge is -2.36. The van der Waals surface area contributed by atoms with Gasteiger partial charge in [-0.2, -0.15) is 0 Å². The molecule has 0 atom stereocenters. The van der Waals surface area contributed by atoms with Crippen LogP contribution in [0, 0.1) is 5.82 Å². The molecule has 3 aliphatic rings. The molecule has 1 saturated carbocycles. The number of halogens is 1. The van der Waals surface area contributed by atoms with Gasteiger partial charge in [0.05, 0.1) is 6.54 Å². The highest BCUT2D eigenvalue weighted by Crippen LogP contribution is 2.52. The van der Waals surface area contributed by atoms with Gasteiger partial charge in [-0.05, 0) is 76.1 Å². The minimum atomic E-state index is -0.115. The SMILES string of the molecule is CC(C)(C)c1cc2c(cc1F)CCNC2.CN(C)C(=O)CN1Cc2cc(C(C)(C)C)ccc2C2(CC2)C1. The van der Waals surface area contributed by atoms with Gasteiger partial charge < -0.3 is 10.2 Å². The molecule has 2 aromatic carbocycles. The molecule has 5 rings (SSSR count). The Bertz CT molecular complexity index is 1150. The lowest BCUT2D eigenvalue weighted by molar-refractivity contribution is -0.130. The summed E-state index contributed by atoms with van der Waals surface area (Å²) in [6.45, 7) is 17.2. The Morgan fingerprint density at radius 1 is 1.00 bits per heavy atom. The summed E-state index contributed by atoms with van der Waals surface area (Å²) in [5, 5.41) is 3.32. The largest absolute Gasteiger partial charge is 0.348 e. The lowest BCUT2D eigenvalue weighted by atomic mass is 9.80. The molecule has 1 spiro atoms. The molecule has 2 heterocycles. The molecule has 5 heteroatoms. The number of hydrogen-bond donors (Lipinski definition) is 1. The van der Waals surface area contributed by atoms with E-state index in [2.05, 4.69) is 49.2 Å². The minimum Gasteiger partial charge on any atom is -0.348 e. The summed E-state index contributed by atoms with van der Waals surface area (Å²) in [6.07, 6.45) is 3.47. The van der Waals surface area contributed by atoms with Gasteiger partial charge in [0.25, 0.3) is 0 Å². The van der Waals surface area contributed by atoms with E-state index in [1.54, 1.807) is 11.0 Å². The maximum atomic E-state index is 13.9. The molecule has 202 valence electrons. The maximum Gasteiger partial charge on any atom is 0.236 e. The third kappa shape index (κ3) is 6.26. The smallest absolute Gasteiger partial charge is 0.236 e. The molecule has 37 heavy (non-hydrogen) atoms. The lowest BCUT2D eigenvalue weighted by Crippen LogP contribution is -2.43. The summed E-state index contributed by atoms with van der Waals surface area (Å²) < 4.78 is 13.9. The van der Waals surface area contributed by atoms with E-state index in [4.69, 9.17) is 0 Å². The summed E-state index contributed by atoms with van der Waals surface area (Å²) in [5.41, 5.74) is 8.00. The van der Waals surface area contributed by atoms with Crippen LogP contribution in [0.3, 0.4) is 0 Å². The highest BCUT2D eigenvalue weighted by atomic mass is 19.1. The number of nitrogens with zero attached hydrogens (tertiary/aromatic N) is 2. The van der Waals surface area contributed by atoms with Crippen LogP contribution in [0.1, 0.15) is 87.8 Å². The second-order valence-corrected chi connectivity index (χ2v) is 13.6. The van der Waals surface area contributed by atoms with Gasteiger partial charge >= 0.3 is 0 Å². The predicted octanol–water partition coefficient (Wildman–Crippen LogP) is 5.69. The van der Waals surface area contributed by atoms with Crippen LogP contribution < -0.4 is 5.32 Å². The summed E-state index contributed by atoms with van der Waals surface area (Å²) in [6, 6.07) is 10.8. The number of benzene rings is 2. The van der Waals surface area contributed by atoms with Crippen molar-refractivity contribution in [3.63, 3.8) is 0 Å². The monoisotopic (exact) mass is 507 g/mol. The van der Waals surface area contributed by atoms with Crippen LogP contribution in [0.15, 0.2) is 30.3 Å². The quantitative estimate of drug-likeness (QED) is 0.567. The molecule has 2 aromatic rings. The van der Waals surface area contributed by atoms with Crippen molar-refractivity contribution in [3.05, 3.63) is 69.5 Å². The van der Waals surface area contributed by atoms with E-state index in [-0.39, 0.29) is 22.6 Å². The van der Waals surface area contributed by atoms with Crippen molar-refractivity contribution in [1.82, 2.24) is 15.1 Å². The van der Waals surface area contributed by atoms with Gasteiger partial charge in [-0.3, -0.25) is 9.69 Å². The second kappa shape index (κ2) is 10.1. The van der Waals surface area contributed by atoms with Gasteiger partial charge in [0.2, 0.25) is 5.91 Å². The number of rotatable bonds is 2. The van der Waals surface area contributed by atoms with Gasteiger partial charge in [-0.25, -0.2) is 4.39 Å². The van der Waals surface area contributed by atoms with Crippen molar-refractivity contribution < 1.29 is 9.18 Å². The molecular formula is C32H46FN3O. The maximum absolute atomic E-state index is 13.9. The van der Waals surface area contributed by atoms with Crippen LogP contribution in [-0.4, -0.2) is 49.4 Å². The van der Waals surface area contributed by atoms with Crippen LogP contribution >= 0.6 is 0 Å². The van der Waals surface area contributed by atoms with Crippen molar-refractivity contribution >= 4 is 5.91 Å². The Morgan fingerprint density at radius 2 is 1.70 bits per heavy atom. The molecule has 0 unspecified atom stereocenters. The van der Waals surface area contributed by atoms with E-state index >= 15 is 0 Å². The first-order valence-electron chi connectivity index (χ1n) is 13.8. The summed E-state index contributed by atoms with van der Waals surface area (Å²) in [4.78, 5) is 16.1. The van der Waals surface area contributed by atoms with Crippen LogP contribution in [0.2, 0.25) is 0 Å². The molecule has 2 aliphatic heterocycles. The van der Waals surface area contributed by atoms with Gasteiger partial charge in [0.15, 0.2) is 0 Å². The third-order valence-electron chi connectivity index (χ3n) is 8.16. The third-order valence-corrected chi connectivity index (χ3v) is 8.16. The highest BCUT2D eigenvalue weighted by Gasteiger charge is 2.49. The molecule has 1 amide bonds. The van der Waals surface area contributed by atoms with Crippen molar-refractivity contribution in [3.8, 4) is 0 Å². The Hall–Kier alpha value is -2.24. The zero-order chi connectivity index (χ0) is 27.2. The molecule has 0 radical (unpaired) electrons. The Morgan fingerprint density at radius 3 is 2.30 bits per heavy atom. The Kier molecular flexibility index (Phi) is 7.62. The molecule has 0 bridgehead atoms. The van der Waals surface area contributed by atoms with E-state index in [1.165, 1.54) is 40.7 Å². The molecule has 1 aliphatic carbocycles. The van der Waals surface area contributed by atoms with Gasteiger partial charge in [0, 0.05) is 39.1 Å². The van der Waals surface area contributed by atoms with Crippen molar-refractivity contribution in [2.45, 2.75) is 90.1 Å². The average Bonchev–Trinajstić information content (AvgIpc) is 3.56. The number of carbonyl (C=O) groups excluding carboxylic acids is 1. The molecule has 4 nitrogen and oxygen atoms in total. The van der Waals surface area contributed by atoms with Gasteiger partial charge in [-0.15, -0.1) is 0 Å². The Labute approximate surface area is 223 Å². The molecule has 0 aromatic heterocycles. The number of hydrogen-bond acceptors (Lipinski definition) is 3. The van der Waals surface area contributed by atoms with E-state index in [0.717, 1.165) is 38.2 Å². The van der Waals surface area contributed by atoms with Crippen molar-refractivity contribution in [1.29, 1.82) is 0 Å². The zero-order valence-corrected chi connectivity index (χ0v) is 24.2. The normalized spacial score (nSPS) is 18.4.